The van der Waals surface area contributed by atoms with Gasteiger partial charge in [0.15, 0.2) is 0 Å². The van der Waals surface area contributed by atoms with E-state index in [1.165, 1.54) is 11.0 Å². The van der Waals surface area contributed by atoms with Gasteiger partial charge < -0.3 is 10.2 Å². The molecule has 128 valence electrons. The van der Waals surface area contributed by atoms with Crippen LogP contribution in [0.15, 0.2) is 59.5 Å². The van der Waals surface area contributed by atoms with Crippen LogP contribution in [-0.2, 0) is 0 Å². The van der Waals surface area contributed by atoms with E-state index in [1.807, 2.05) is 38.4 Å². The number of hydrogen-bond acceptors (Lipinski definition) is 5. The molecule has 0 saturated carbocycles. The van der Waals surface area contributed by atoms with Crippen molar-refractivity contribution in [3.8, 4) is 0 Å². The van der Waals surface area contributed by atoms with Crippen LogP contribution in [0.25, 0.3) is 0 Å². The summed E-state index contributed by atoms with van der Waals surface area (Å²) < 4.78 is 0. The predicted octanol–water partition coefficient (Wildman–Crippen LogP) is 4.12. The number of para-hydroxylation sites is 2. The van der Waals surface area contributed by atoms with Gasteiger partial charge in [-0.2, -0.15) is 0 Å². The minimum Gasteiger partial charge on any atom is -0.376 e. The van der Waals surface area contributed by atoms with Crippen LogP contribution in [0.1, 0.15) is 6.42 Å². The maximum absolute atomic E-state index is 11.2. The van der Waals surface area contributed by atoms with E-state index < -0.39 is 0 Å². The summed E-state index contributed by atoms with van der Waals surface area (Å²) in [6.07, 6.45) is 0.916. The first-order chi connectivity index (χ1) is 11.6. The summed E-state index contributed by atoms with van der Waals surface area (Å²) in [7, 11) is 4.07. The predicted molar refractivity (Wildman–Crippen MR) is 101 cm³/mol. The van der Waals surface area contributed by atoms with Crippen molar-refractivity contribution in [2.24, 2.45) is 0 Å². The lowest BCUT2D eigenvalue weighted by molar-refractivity contribution is -0.384. The number of nitro benzene ring substituents is 1. The third-order valence-corrected chi connectivity index (χ3v) is 4.75. The molecule has 0 aliphatic heterocycles. The largest absolute Gasteiger partial charge is 0.376 e. The number of nitrogens with one attached hydrogen (secondary N) is 1. The third kappa shape index (κ3) is 5.86. The van der Waals surface area contributed by atoms with Crippen molar-refractivity contribution in [3.63, 3.8) is 0 Å². The van der Waals surface area contributed by atoms with Gasteiger partial charge in [0.2, 0.25) is 0 Å². The van der Waals surface area contributed by atoms with E-state index in [0.29, 0.717) is 5.69 Å². The number of thioether (sulfide) groups is 1. The molecule has 1 N–H and O–H groups in total. The van der Waals surface area contributed by atoms with Gasteiger partial charge in [-0.25, -0.2) is 0 Å². The van der Waals surface area contributed by atoms with E-state index in [2.05, 4.69) is 22.3 Å². The van der Waals surface area contributed by atoms with Gasteiger partial charge in [0.1, 0.15) is 5.69 Å². The third-order valence-electron chi connectivity index (χ3n) is 3.58. The Bertz CT molecular complexity index is 650. The second-order valence-corrected chi connectivity index (χ2v) is 6.92. The summed E-state index contributed by atoms with van der Waals surface area (Å²) in [4.78, 5) is 14.2. The first-order valence-corrected chi connectivity index (χ1v) is 8.87. The van der Waals surface area contributed by atoms with Gasteiger partial charge in [0.25, 0.3) is 5.69 Å². The van der Waals surface area contributed by atoms with Crippen molar-refractivity contribution < 1.29 is 4.92 Å². The molecule has 0 aliphatic carbocycles. The lowest BCUT2D eigenvalue weighted by Gasteiger charge is -2.21. The highest BCUT2D eigenvalue weighted by Gasteiger charge is 2.17. The highest BCUT2D eigenvalue weighted by Crippen LogP contribution is 2.26. The average Bonchev–Trinajstić information content (AvgIpc) is 2.58. The van der Waals surface area contributed by atoms with E-state index in [-0.39, 0.29) is 16.7 Å². The van der Waals surface area contributed by atoms with Crippen LogP contribution in [0.2, 0.25) is 0 Å². The van der Waals surface area contributed by atoms with Crippen LogP contribution in [0.5, 0.6) is 0 Å². The number of nitro groups is 1. The Morgan fingerprint density at radius 3 is 2.46 bits per heavy atom. The number of anilines is 1. The quantitative estimate of drug-likeness (QED) is 0.421. The monoisotopic (exact) mass is 345 g/mol. The fourth-order valence-corrected chi connectivity index (χ4v) is 3.29. The molecular formula is C18H23N3O2S. The summed E-state index contributed by atoms with van der Waals surface area (Å²) in [6, 6.07) is 17.2. The molecule has 0 spiro atoms. The van der Waals surface area contributed by atoms with Crippen LogP contribution in [-0.4, -0.2) is 42.3 Å². The van der Waals surface area contributed by atoms with E-state index in [1.54, 1.807) is 23.9 Å². The Morgan fingerprint density at radius 1 is 1.12 bits per heavy atom. The van der Waals surface area contributed by atoms with E-state index in [4.69, 9.17) is 0 Å². The van der Waals surface area contributed by atoms with E-state index in [0.717, 1.165) is 18.7 Å². The zero-order valence-electron chi connectivity index (χ0n) is 14.0. The molecule has 0 amide bonds. The first-order valence-electron chi connectivity index (χ1n) is 7.89. The van der Waals surface area contributed by atoms with Crippen LogP contribution >= 0.6 is 11.8 Å². The SMILES string of the molecule is CN(C)CCC(CSc1ccccc1)Nc1ccccc1[N+](=O)[O-]. The maximum Gasteiger partial charge on any atom is 0.292 e. The molecule has 0 saturated heterocycles. The molecule has 5 nitrogen and oxygen atoms in total. The van der Waals surface area contributed by atoms with Crippen LogP contribution in [0.4, 0.5) is 11.4 Å². The zero-order valence-corrected chi connectivity index (χ0v) is 14.8. The molecule has 0 bridgehead atoms. The van der Waals surface area contributed by atoms with Crippen LogP contribution in [0, 0.1) is 10.1 Å². The number of rotatable bonds is 9. The van der Waals surface area contributed by atoms with Crippen molar-refractivity contribution in [1.82, 2.24) is 4.90 Å². The molecule has 0 aromatic heterocycles. The van der Waals surface area contributed by atoms with Gasteiger partial charge in [-0.05, 0) is 45.3 Å². The lowest BCUT2D eigenvalue weighted by Crippen LogP contribution is -2.28. The van der Waals surface area contributed by atoms with Crippen LogP contribution in [0.3, 0.4) is 0 Å². The van der Waals surface area contributed by atoms with Gasteiger partial charge in [-0.3, -0.25) is 10.1 Å². The van der Waals surface area contributed by atoms with Gasteiger partial charge in [0, 0.05) is 22.8 Å². The molecule has 1 atom stereocenters. The summed E-state index contributed by atoms with van der Waals surface area (Å²) in [5, 5.41) is 14.6. The molecule has 0 fully saturated rings. The Morgan fingerprint density at radius 2 is 1.79 bits per heavy atom. The summed E-state index contributed by atoms with van der Waals surface area (Å²) in [5.41, 5.74) is 0.706. The number of hydrogen-bond donors (Lipinski definition) is 1. The lowest BCUT2D eigenvalue weighted by atomic mass is 10.2. The summed E-state index contributed by atoms with van der Waals surface area (Å²) in [6.45, 7) is 0.924. The minimum absolute atomic E-state index is 0.122. The van der Waals surface area contributed by atoms with Gasteiger partial charge >= 0.3 is 0 Å². The van der Waals surface area contributed by atoms with Gasteiger partial charge in [-0.1, -0.05) is 30.3 Å². The minimum atomic E-state index is -0.338. The maximum atomic E-state index is 11.2. The van der Waals surface area contributed by atoms with Crippen LogP contribution < -0.4 is 5.32 Å². The zero-order chi connectivity index (χ0) is 17.4. The second-order valence-electron chi connectivity index (χ2n) is 5.83. The van der Waals surface area contributed by atoms with Crippen molar-refractivity contribution in [1.29, 1.82) is 0 Å². The average molecular weight is 345 g/mol. The highest BCUT2D eigenvalue weighted by molar-refractivity contribution is 7.99. The fraction of sp³-hybridized carbons (Fsp3) is 0.333. The number of benzene rings is 2. The van der Waals surface area contributed by atoms with Crippen molar-refractivity contribution in [2.45, 2.75) is 17.4 Å². The fourth-order valence-electron chi connectivity index (χ4n) is 2.30. The molecule has 2 aromatic rings. The summed E-state index contributed by atoms with van der Waals surface area (Å²) in [5.74, 6) is 0.851. The molecule has 2 aromatic carbocycles. The second kappa shape index (κ2) is 9.30. The van der Waals surface area contributed by atoms with Crippen molar-refractivity contribution >= 4 is 23.1 Å². The van der Waals surface area contributed by atoms with Crippen molar-refractivity contribution in [2.75, 3.05) is 31.7 Å². The topological polar surface area (TPSA) is 58.4 Å². The molecular weight excluding hydrogens is 322 g/mol. The molecule has 2 rings (SSSR count). The van der Waals surface area contributed by atoms with Gasteiger partial charge in [0.05, 0.1) is 4.92 Å². The van der Waals surface area contributed by atoms with Crippen molar-refractivity contribution in [3.05, 3.63) is 64.7 Å². The summed E-state index contributed by atoms with van der Waals surface area (Å²) >= 11 is 1.76. The number of nitrogens with zero attached hydrogens (tertiary/aromatic N) is 2. The van der Waals surface area contributed by atoms with Gasteiger partial charge in [-0.15, -0.1) is 11.8 Å². The highest BCUT2D eigenvalue weighted by atomic mass is 32.2. The molecule has 6 heteroatoms. The standard InChI is InChI=1S/C18H23N3O2S/c1-20(2)13-12-15(14-24-16-8-4-3-5-9-16)19-17-10-6-7-11-18(17)21(22)23/h3-11,15,19H,12-14H2,1-2H3. The smallest absolute Gasteiger partial charge is 0.292 e. The molecule has 1 unspecified atom stereocenters. The van der Waals surface area contributed by atoms with E-state index >= 15 is 0 Å². The van der Waals surface area contributed by atoms with E-state index in [9.17, 15) is 10.1 Å². The Hall–Kier alpha value is -2.05. The Kier molecular flexibility index (Phi) is 7.08. The molecule has 0 aliphatic rings. The molecule has 24 heavy (non-hydrogen) atoms. The Labute approximate surface area is 147 Å². The normalized spacial score (nSPS) is 12.1. The Balaban J connectivity index is 2.06. The molecule has 0 heterocycles. The first kappa shape index (κ1) is 18.3. The molecule has 0 radical (unpaired) electrons.